The third-order valence-electron chi connectivity index (χ3n) is 3.32. The lowest BCUT2D eigenvalue weighted by atomic mass is 10.1. The lowest BCUT2D eigenvalue weighted by Gasteiger charge is -2.10. The highest BCUT2D eigenvalue weighted by molar-refractivity contribution is 7.11. The smallest absolute Gasteiger partial charge is 0.347 e. The van der Waals surface area contributed by atoms with Crippen molar-refractivity contribution in [2.24, 2.45) is 0 Å². The van der Waals surface area contributed by atoms with Crippen LogP contribution in [0.25, 0.3) is 11.6 Å². The van der Waals surface area contributed by atoms with Crippen LogP contribution in [-0.4, -0.2) is 24.6 Å². The Morgan fingerprint density at radius 3 is 2.70 bits per heavy atom. The van der Waals surface area contributed by atoms with Gasteiger partial charge >= 0.3 is 11.9 Å². The highest BCUT2D eigenvalue weighted by Crippen LogP contribution is 2.26. The summed E-state index contributed by atoms with van der Waals surface area (Å²) in [4.78, 5) is 24.6. The van der Waals surface area contributed by atoms with E-state index in [-0.39, 0.29) is 12.4 Å². The third kappa shape index (κ3) is 3.65. The maximum atomic E-state index is 13.0. The molecule has 23 heavy (non-hydrogen) atoms. The summed E-state index contributed by atoms with van der Waals surface area (Å²) in [5, 5.41) is 1.84. The molecular weight excluding hydrogens is 319 g/mol. The quantitative estimate of drug-likeness (QED) is 0.637. The monoisotopic (exact) mass is 332 g/mol. The minimum absolute atomic E-state index is 0.257. The van der Waals surface area contributed by atoms with E-state index in [1.54, 1.807) is 24.3 Å². The average Bonchev–Trinajstić information content (AvgIpc) is 3.19. The van der Waals surface area contributed by atoms with Crippen molar-refractivity contribution in [3.63, 3.8) is 0 Å². The number of thiophene rings is 1. The zero-order valence-corrected chi connectivity index (χ0v) is 12.8. The van der Waals surface area contributed by atoms with E-state index in [9.17, 15) is 14.0 Å². The largest absolute Gasteiger partial charge is 0.463 e. The molecule has 1 saturated heterocycles. The van der Waals surface area contributed by atoms with Crippen LogP contribution in [0.15, 0.2) is 41.8 Å². The van der Waals surface area contributed by atoms with Gasteiger partial charge in [0.2, 0.25) is 6.10 Å². The van der Waals surface area contributed by atoms with Crippen molar-refractivity contribution >= 4 is 34.9 Å². The van der Waals surface area contributed by atoms with Crippen LogP contribution in [0.1, 0.15) is 16.9 Å². The van der Waals surface area contributed by atoms with Gasteiger partial charge in [-0.05, 0) is 35.2 Å². The zero-order chi connectivity index (χ0) is 16.2. The molecule has 0 bridgehead atoms. The standard InChI is InChI=1S/C17H13FO4S/c18-12-5-3-11(4-6-12)10-13(15-2-1-9-23-15)16(19)22-14-7-8-21-17(14)20/h1-6,9-10,14H,7-8H2/b13-10+/t14-/m1/s1. The Morgan fingerprint density at radius 2 is 2.09 bits per heavy atom. The van der Waals surface area contributed by atoms with Crippen molar-refractivity contribution < 1.29 is 23.5 Å². The Morgan fingerprint density at radius 1 is 1.30 bits per heavy atom. The summed E-state index contributed by atoms with van der Waals surface area (Å²) in [6.45, 7) is 0.257. The van der Waals surface area contributed by atoms with Crippen LogP contribution in [-0.2, 0) is 19.1 Å². The summed E-state index contributed by atoms with van der Waals surface area (Å²) in [5.41, 5.74) is 0.993. The van der Waals surface area contributed by atoms with E-state index in [1.165, 1.54) is 23.5 Å². The number of carbonyl (C=O) groups is 2. The van der Waals surface area contributed by atoms with Gasteiger partial charge in [-0.25, -0.2) is 14.0 Å². The molecule has 0 aliphatic carbocycles. The van der Waals surface area contributed by atoms with Crippen molar-refractivity contribution in [1.82, 2.24) is 0 Å². The van der Waals surface area contributed by atoms with Crippen LogP contribution in [0.3, 0.4) is 0 Å². The molecule has 0 unspecified atom stereocenters. The Kier molecular flexibility index (Phi) is 4.52. The summed E-state index contributed by atoms with van der Waals surface area (Å²) < 4.78 is 23.1. The van der Waals surface area contributed by atoms with Crippen molar-refractivity contribution in [2.45, 2.75) is 12.5 Å². The number of carbonyl (C=O) groups excluding carboxylic acids is 2. The van der Waals surface area contributed by atoms with Crippen LogP contribution >= 0.6 is 11.3 Å². The number of halogens is 1. The predicted octanol–water partition coefficient (Wildman–Crippen LogP) is 3.29. The molecule has 0 spiro atoms. The molecule has 1 aliphatic rings. The first-order chi connectivity index (χ1) is 11.1. The van der Waals surface area contributed by atoms with Gasteiger partial charge in [0, 0.05) is 11.3 Å². The minimum Gasteiger partial charge on any atom is -0.463 e. The molecule has 1 aromatic heterocycles. The first-order valence-electron chi connectivity index (χ1n) is 7.02. The summed E-state index contributed by atoms with van der Waals surface area (Å²) in [7, 11) is 0. The van der Waals surface area contributed by atoms with Gasteiger partial charge in [-0.3, -0.25) is 0 Å². The molecule has 4 nitrogen and oxygen atoms in total. The molecule has 2 aromatic rings. The second-order valence-electron chi connectivity index (χ2n) is 4.94. The van der Waals surface area contributed by atoms with Crippen LogP contribution in [0.2, 0.25) is 0 Å². The van der Waals surface area contributed by atoms with Gasteiger partial charge in [0.05, 0.1) is 12.2 Å². The third-order valence-corrected chi connectivity index (χ3v) is 4.23. The van der Waals surface area contributed by atoms with E-state index in [4.69, 9.17) is 9.47 Å². The van der Waals surface area contributed by atoms with E-state index < -0.39 is 18.0 Å². The van der Waals surface area contributed by atoms with Crippen molar-refractivity contribution in [3.8, 4) is 0 Å². The molecule has 1 aromatic carbocycles. The van der Waals surface area contributed by atoms with E-state index in [0.717, 1.165) is 0 Å². The van der Waals surface area contributed by atoms with Crippen LogP contribution in [0, 0.1) is 5.82 Å². The molecule has 0 radical (unpaired) electrons. The van der Waals surface area contributed by atoms with Gasteiger partial charge in [-0.2, -0.15) is 0 Å². The topological polar surface area (TPSA) is 52.6 Å². The number of hydrogen-bond donors (Lipinski definition) is 0. The molecule has 0 N–H and O–H groups in total. The molecule has 1 atom stereocenters. The fourth-order valence-corrected chi connectivity index (χ4v) is 2.90. The highest BCUT2D eigenvalue weighted by atomic mass is 32.1. The lowest BCUT2D eigenvalue weighted by Crippen LogP contribution is -2.23. The summed E-state index contributed by atoms with van der Waals surface area (Å²) in [6.07, 6.45) is 1.12. The van der Waals surface area contributed by atoms with Gasteiger partial charge in [0.1, 0.15) is 5.82 Å². The number of hydrogen-bond acceptors (Lipinski definition) is 5. The van der Waals surface area contributed by atoms with Crippen molar-refractivity contribution in [1.29, 1.82) is 0 Å². The van der Waals surface area contributed by atoms with E-state index >= 15 is 0 Å². The molecule has 0 saturated carbocycles. The normalized spacial score (nSPS) is 17.9. The number of cyclic esters (lactones) is 1. The second-order valence-corrected chi connectivity index (χ2v) is 5.88. The average molecular weight is 332 g/mol. The number of benzene rings is 1. The van der Waals surface area contributed by atoms with Crippen LogP contribution in [0.4, 0.5) is 4.39 Å². The van der Waals surface area contributed by atoms with Crippen LogP contribution in [0.5, 0.6) is 0 Å². The maximum absolute atomic E-state index is 13.0. The first-order valence-corrected chi connectivity index (χ1v) is 7.90. The number of rotatable bonds is 4. The van der Waals surface area contributed by atoms with Crippen LogP contribution < -0.4 is 0 Å². The SMILES string of the molecule is O=C(O[C@@H]1CCOC1=O)/C(=C/c1ccc(F)cc1)c1cccs1. The highest BCUT2D eigenvalue weighted by Gasteiger charge is 2.31. The van der Waals surface area contributed by atoms with Crippen molar-refractivity contribution in [3.05, 3.63) is 58.0 Å². The minimum atomic E-state index is -0.862. The number of ether oxygens (including phenoxy) is 2. The predicted molar refractivity (Wildman–Crippen MR) is 84.0 cm³/mol. The molecule has 6 heteroatoms. The molecule has 3 rings (SSSR count). The molecule has 1 fully saturated rings. The fraction of sp³-hybridized carbons (Fsp3) is 0.176. The molecular formula is C17H13FO4S. The zero-order valence-electron chi connectivity index (χ0n) is 12.0. The van der Waals surface area contributed by atoms with E-state index in [0.29, 0.717) is 22.4 Å². The number of esters is 2. The summed E-state index contributed by atoms with van der Waals surface area (Å²) >= 11 is 1.38. The summed E-state index contributed by atoms with van der Waals surface area (Å²) in [5.74, 6) is -1.47. The molecule has 118 valence electrons. The van der Waals surface area contributed by atoms with E-state index in [2.05, 4.69) is 0 Å². The van der Waals surface area contributed by atoms with Gasteiger partial charge < -0.3 is 9.47 Å². The lowest BCUT2D eigenvalue weighted by molar-refractivity contribution is -0.156. The molecule has 1 aliphatic heterocycles. The first kappa shape index (κ1) is 15.4. The molecule has 0 amide bonds. The Bertz CT molecular complexity index is 734. The van der Waals surface area contributed by atoms with Gasteiger partial charge in [0.15, 0.2) is 0 Å². The molecule has 2 heterocycles. The Hall–Kier alpha value is -2.47. The van der Waals surface area contributed by atoms with Gasteiger partial charge in [-0.1, -0.05) is 18.2 Å². The maximum Gasteiger partial charge on any atom is 0.347 e. The van der Waals surface area contributed by atoms with Gasteiger partial charge in [-0.15, -0.1) is 11.3 Å². The second kappa shape index (κ2) is 6.75. The summed E-state index contributed by atoms with van der Waals surface area (Å²) in [6, 6.07) is 9.37. The Balaban J connectivity index is 1.88. The Labute approximate surface area is 136 Å². The van der Waals surface area contributed by atoms with Crippen molar-refractivity contribution in [2.75, 3.05) is 6.61 Å². The fourth-order valence-electron chi connectivity index (χ4n) is 2.17. The van der Waals surface area contributed by atoms with E-state index in [1.807, 2.05) is 11.4 Å². The van der Waals surface area contributed by atoms with Gasteiger partial charge in [0.25, 0.3) is 0 Å².